The highest BCUT2D eigenvalue weighted by molar-refractivity contribution is 6.06. The van der Waals surface area contributed by atoms with Gasteiger partial charge in [-0.2, -0.15) is 5.10 Å². The first-order valence-corrected chi connectivity index (χ1v) is 7.82. The molecule has 0 saturated heterocycles. The van der Waals surface area contributed by atoms with Crippen molar-refractivity contribution in [3.63, 3.8) is 0 Å². The predicted octanol–water partition coefficient (Wildman–Crippen LogP) is 2.53. The average molecular weight is 299 g/mol. The van der Waals surface area contributed by atoms with Crippen LogP contribution in [-0.4, -0.2) is 17.5 Å². The van der Waals surface area contributed by atoms with Crippen LogP contribution in [0.1, 0.15) is 38.7 Å². The van der Waals surface area contributed by atoms with Crippen LogP contribution < -0.4 is 10.7 Å². The van der Waals surface area contributed by atoms with E-state index >= 15 is 0 Å². The van der Waals surface area contributed by atoms with Crippen molar-refractivity contribution in [3.05, 3.63) is 29.8 Å². The standard InChI is InChI=1S/C17H21N3O2/c1-10-3-8-14(10)17(22)18-13-6-4-12(5-7-13)16-11(2)9-15(21)19-20-16/h4-7,10-11,14H,3,8-9H2,1-2H3,(H,18,22)(H,19,21). The number of carbonyl (C=O) groups excluding carboxylic acids is 2. The molecule has 1 saturated carbocycles. The maximum atomic E-state index is 12.1. The molecule has 1 aromatic rings. The first kappa shape index (κ1) is 14.8. The molecule has 2 amide bonds. The van der Waals surface area contributed by atoms with Gasteiger partial charge in [0.15, 0.2) is 0 Å². The molecule has 3 atom stereocenters. The molecule has 1 aliphatic carbocycles. The highest BCUT2D eigenvalue weighted by Gasteiger charge is 2.32. The van der Waals surface area contributed by atoms with Crippen LogP contribution in [0.25, 0.3) is 0 Å². The third-order valence-electron chi connectivity index (χ3n) is 4.66. The zero-order chi connectivity index (χ0) is 15.7. The van der Waals surface area contributed by atoms with Crippen LogP contribution in [0.2, 0.25) is 0 Å². The Labute approximate surface area is 130 Å². The number of rotatable bonds is 3. The Morgan fingerprint density at radius 3 is 2.50 bits per heavy atom. The molecule has 0 radical (unpaired) electrons. The Morgan fingerprint density at radius 2 is 1.95 bits per heavy atom. The van der Waals surface area contributed by atoms with Gasteiger partial charge in [0.1, 0.15) is 0 Å². The first-order chi connectivity index (χ1) is 10.5. The summed E-state index contributed by atoms with van der Waals surface area (Å²) in [6, 6.07) is 7.66. The fourth-order valence-corrected chi connectivity index (χ4v) is 3.02. The predicted molar refractivity (Wildman–Crippen MR) is 85.4 cm³/mol. The first-order valence-electron chi connectivity index (χ1n) is 7.82. The summed E-state index contributed by atoms with van der Waals surface area (Å²) in [5.74, 6) is 0.805. The molecule has 3 rings (SSSR count). The van der Waals surface area contributed by atoms with E-state index in [2.05, 4.69) is 22.8 Å². The summed E-state index contributed by atoms with van der Waals surface area (Å²) < 4.78 is 0. The monoisotopic (exact) mass is 299 g/mol. The molecule has 0 aromatic heterocycles. The average Bonchev–Trinajstić information content (AvgIpc) is 2.47. The Balaban J connectivity index is 1.68. The third kappa shape index (κ3) is 2.89. The number of amides is 2. The number of hydrogen-bond donors (Lipinski definition) is 2. The van der Waals surface area contributed by atoms with Gasteiger partial charge >= 0.3 is 0 Å². The maximum absolute atomic E-state index is 12.1. The molecular weight excluding hydrogens is 278 g/mol. The summed E-state index contributed by atoms with van der Waals surface area (Å²) in [6.07, 6.45) is 2.58. The van der Waals surface area contributed by atoms with Gasteiger partial charge in [0.2, 0.25) is 11.8 Å². The second kappa shape index (κ2) is 5.91. The van der Waals surface area contributed by atoms with Crippen molar-refractivity contribution in [3.8, 4) is 0 Å². The van der Waals surface area contributed by atoms with E-state index in [1.807, 2.05) is 31.2 Å². The second-order valence-corrected chi connectivity index (χ2v) is 6.36. The van der Waals surface area contributed by atoms with Crippen LogP contribution in [0.15, 0.2) is 29.4 Å². The van der Waals surface area contributed by atoms with Crippen LogP contribution in [0.3, 0.4) is 0 Å². The van der Waals surface area contributed by atoms with Gasteiger partial charge in [-0.25, -0.2) is 5.43 Å². The van der Waals surface area contributed by atoms with Gasteiger partial charge in [-0.3, -0.25) is 9.59 Å². The van der Waals surface area contributed by atoms with Gasteiger partial charge in [0.05, 0.1) is 5.71 Å². The quantitative estimate of drug-likeness (QED) is 0.900. The SMILES string of the molecule is CC1CC(=O)NN=C1c1ccc(NC(=O)C2CCC2C)cc1. The van der Waals surface area contributed by atoms with E-state index in [1.165, 1.54) is 0 Å². The Morgan fingerprint density at radius 1 is 1.23 bits per heavy atom. The maximum Gasteiger partial charge on any atom is 0.240 e. The van der Waals surface area contributed by atoms with Gasteiger partial charge in [0.25, 0.3) is 0 Å². The van der Waals surface area contributed by atoms with E-state index in [0.29, 0.717) is 12.3 Å². The largest absolute Gasteiger partial charge is 0.326 e. The molecule has 0 spiro atoms. The minimum atomic E-state index is -0.0465. The van der Waals surface area contributed by atoms with Crippen molar-refractivity contribution in [1.82, 2.24) is 5.43 Å². The van der Waals surface area contributed by atoms with Crippen LogP contribution >= 0.6 is 0 Å². The number of carbonyl (C=O) groups is 2. The number of nitrogens with zero attached hydrogens (tertiary/aromatic N) is 1. The summed E-state index contributed by atoms with van der Waals surface area (Å²) in [5.41, 5.74) is 5.18. The van der Waals surface area contributed by atoms with Crippen molar-refractivity contribution < 1.29 is 9.59 Å². The summed E-state index contributed by atoms with van der Waals surface area (Å²) >= 11 is 0. The lowest BCUT2D eigenvalue weighted by Gasteiger charge is -2.32. The van der Waals surface area contributed by atoms with Crippen molar-refractivity contribution in [1.29, 1.82) is 0 Å². The summed E-state index contributed by atoms with van der Waals surface area (Å²) in [7, 11) is 0. The van der Waals surface area contributed by atoms with Crippen LogP contribution in [0.5, 0.6) is 0 Å². The molecular formula is C17H21N3O2. The molecule has 1 heterocycles. The van der Waals surface area contributed by atoms with Crippen LogP contribution in [-0.2, 0) is 9.59 Å². The van der Waals surface area contributed by atoms with E-state index in [9.17, 15) is 9.59 Å². The van der Waals surface area contributed by atoms with E-state index < -0.39 is 0 Å². The second-order valence-electron chi connectivity index (χ2n) is 6.36. The fraction of sp³-hybridized carbons (Fsp3) is 0.471. The van der Waals surface area contributed by atoms with Gasteiger partial charge in [-0.05, 0) is 36.5 Å². The number of nitrogens with one attached hydrogen (secondary N) is 2. The summed E-state index contributed by atoms with van der Waals surface area (Å²) in [4.78, 5) is 23.4. The van der Waals surface area contributed by atoms with Gasteiger partial charge in [-0.15, -0.1) is 0 Å². The van der Waals surface area contributed by atoms with Crippen LogP contribution in [0.4, 0.5) is 5.69 Å². The zero-order valence-electron chi connectivity index (χ0n) is 12.9. The summed E-state index contributed by atoms with van der Waals surface area (Å²) in [5, 5.41) is 7.12. The smallest absolute Gasteiger partial charge is 0.240 e. The lowest BCUT2D eigenvalue weighted by atomic mass is 9.74. The number of anilines is 1. The molecule has 2 aliphatic rings. The highest BCUT2D eigenvalue weighted by Crippen LogP contribution is 2.34. The van der Waals surface area contributed by atoms with Crippen molar-refractivity contribution in [2.24, 2.45) is 22.9 Å². The molecule has 2 N–H and O–H groups in total. The number of hydrogen-bond acceptors (Lipinski definition) is 3. The van der Waals surface area contributed by atoms with Gasteiger partial charge in [-0.1, -0.05) is 26.0 Å². The minimum Gasteiger partial charge on any atom is -0.326 e. The molecule has 116 valence electrons. The molecule has 3 unspecified atom stereocenters. The molecule has 1 fully saturated rings. The molecule has 1 aliphatic heterocycles. The number of hydrazone groups is 1. The number of benzene rings is 1. The Hall–Kier alpha value is -2.17. The van der Waals surface area contributed by atoms with Crippen molar-refractivity contribution in [2.75, 3.05) is 5.32 Å². The zero-order valence-corrected chi connectivity index (χ0v) is 12.9. The van der Waals surface area contributed by atoms with Gasteiger partial charge < -0.3 is 5.32 Å². The minimum absolute atomic E-state index is 0.0465. The topological polar surface area (TPSA) is 70.6 Å². The van der Waals surface area contributed by atoms with E-state index in [-0.39, 0.29) is 23.7 Å². The molecule has 0 bridgehead atoms. The Kier molecular flexibility index (Phi) is 3.96. The molecule has 5 nitrogen and oxygen atoms in total. The van der Waals surface area contributed by atoms with E-state index in [0.717, 1.165) is 29.8 Å². The van der Waals surface area contributed by atoms with Crippen LogP contribution in [0, 0.1) is 17.8 Å². The van der Waals surface area contributed by atoms with Gasteiger partial charge in [0, 0.05) is 23.9 Å². The van der Waals surface area contributed by atoms with E-state index in [1.54, 1.807) is 0 Å². The lowest BCUT2D eigenvalue weighted by Crippen LogP contribution is -2.35. The molecule has 5 heteroatoms. The van der Waals surface area contributed by atoms with E-state index in [4.69, 9.17) is 0 Å². The highest BCUT2D eigenvalue weighted by atomic mass is 16.2. The molecule has 1 aromatic carbocycles. The Bertz CT molecular complexity index is 621. The molecule has 22 heavy (non-hydrogen) atoms. The van der Waals surface area contributed by atoms with Crippen molar-refractivity contribution >= 4 is 23.2 Å². The summed E-state index contributed by atoms with van der Waals surface area (Å²) in [6.45, 7) is 4.11. The fourth-order valence-electron chi connectivity index (χ4n) is 3.02. The lowest BCUT2D eigenvalue weighted by molar-refractivity contribution is -0.124. The normalized spacial score (nSPS) is 27.5. The van der Waals surface area contributed by atoms with Crippen molar-refractivity contribution in [2.45, 2.75) is 33.1 Å². The third-order valence-corrected chi connectivity index (χ3v) is 4.66.